The Kier molecular flexibility index (Phi) is 3.84. The molecule has 22 heavy (non-hydrogen) atoms. The lowest BCUT2D eigenvalue weighted by atomic mass is 10.1. The molecule has 0 radical (unpaired) electrons. The fraction of sp³-hybridized carbons (Fsp3) is 0.500. The molecule has 1 saturated heterocycles. The highest BCUT2D eigenvalue weighted by molar-refractivity contribution is 7.86. The molecule has 0 aliphatic carbocycles. The molecule has 2 aromatic rings. The first-order valence-electron chi connectivity index (χ1n) is 7.26. The number of hydrogen-bond acceptors (Lipinski definition) is 4. The van der Waals surface area contributed by atoms with Crippen LogP contribution in [-0.2, 0) is 10.2 Å². The van der Waals surface area contributed by atoms with E-state index in [-0.39, 0.29) is 5.92 Å². The molecule has 2 aromatic heterocycles. The minimum atomic E-state index is -3.35. The zero-order valence-corrected chi connectivity index (χ0v) is 13.8. The van der Waals surface area contributed by atoms with Crippen LogP contribution in [0.15, 0.2) is 24.5 Å². The summed E-state index contributed by atoms with van der Waals surface area (Å²) in [5.74, 6) is 0.935. The molecule has 8 heteroatoms. The molecule has 1 aliphatic rings. The third-order valence-corrected chi connectivity index (χ3v) is 6.03. The van der Waals surface area contributed by atoms with Crippen LogP contribution in [-0.4, -0.2) is 60.6 Å². The molecule has 1 fully saturated rings. The predicted octanol–water partition coefficient (Wildman–Crippen LogP) is 0.972. The molecule has 1 atom stereocenters. The first kappa shape index (κ1) is 15.3. The lowest BCUT2D eigenvalue weighted by molar-refractivity contribution is 0.418. The van der Waals surface area contributed by atoms with Crippen molar-refractivity contribution in [3.8, 4) is 0 Å². The highest BCUT2D eigenvalue weighted by Crippen LogP contribution is 2.30. The summed E-state index contributed by atoms with van der Waals surface area (Å²) in [4.78, 5) is 4.67. The third kappa shape index (κ3) is 2.47. The molecule has 0 bridgehead atoms. The van der Waals surface area contributed by atoms with E-state index in [9.17, 15) is 8.42 Å². The Morgan fingerprint density at radius 3 is 2.86 bits per heavy atom. The van der Waals surface area contributed by atoms with E-state index in [1.807, 2.05) is 36.0 Å². The second-order valence-electron chi connectivity index (χ2n) is 5.70. The smallest absolute Gasteiger partial charge is 0.281 e. The van der Waals surface area contributed by atoms with E-state index in [4.69, 9.17) is 0 Å². The summed E-state index contributed by atoms with van der Waals surface area (Å²) in [6.07, 6.45) is 4.76. The Hall–Kier alpha value is -1.64. The number of fused-ring (bicyclic) bond motifs is 1. The van der Waals surface area contributed by atoms with Crippen LogP contribution in [0.2, 0.25) is 0 Å². The van der Waals surface area contributed by atoms with Crippen LogP contribution in [0.5, 0.6) is 0 Å². The molecule has 0 saturated carbocycles. The Morgan fingerprint density at radius 1 is 1.41 bits per heavy atom. The summed E-state index contributed by atoms with van der Waals surface area (Å²) in [6.45, 7) is 1.01. The van der Waals surface area contributed by atoms with Gasteiger partial charge in [-0.3, -0.25) is 0 Å². The van der Waals surface area contributed by atoms with Gasteiger partial charge in [-0.15, -0.1) is 0 Å². The van der Waals surface area contributed by atoms with E-state index in [1.165, 1.54) is 8.61 Å². The van der Waals surface area contributed by atoms with Crippen molar-refractivity contribution in [2.45, 2.75) is 12.3 Å². The maximum atomic E-state index is 12.2. The van der Waals surface area contributed by atoms with Gasteiger partial charge in [-0.25, -0.2) is 4.98 Å². The summed E-state index contributed by atoms with van der Waals surface area (Å²) >= 11 is 0. The Balaban J connectivity index is 1.90. The van der Waals surface area contributed by atoms with Crippen LogP contribution in [0.1, 0.15) is 18.0 Å². The summed E-state index contributed by atoms with van der Waals surface area (Å²) in [5.41, 5.74) is 1.94. The highest BCUT2D eigenvalue weighted by atomic mass is 32.2. The Labute approximate surface area is 130 Å². The minimum Gasteiger partial charge on any atom is -0.371 e. The Bertz CT molecular complexity index is 784. The first-order chi connectivity index (χ1) is 10.4. The second kappa shape index (κ2) is 5.53. The van der Waals surface area contributed by atoms with Gasteiger partial charge < -0.3 is 9.72 Å². The van der Waals surface area contributed by atoms with Crippen molar-refractivity contribution < 1.29 is 8.42 Å². The topological polar surface area (TPSA) is 70.0 Å². The molecular formula is C14H21N5O2S. The lowest BCUT2D eigenvalue weighted by Gasteiger charge is -2.21. The zero-order valence-electron chi connectivity index (χ0n) is 13.0. The lowest BCUT2D eigenvalue weighted by Crippen LogP contribution is -2.38. The van der Waals surface area contributed by atoms with Crippen molar-refractivity contribution in [3.63, 3.8) is 0 Å². The van der Waals surface area contributed by atoms with E-state index in [2.05, 4.69) is 10.3 Å². The van der Waals surface area contributed by atoms with Crippen molar-refractivity contribution in [1.82, 2.24) is 18.0 Å². The monoisotopic (exact) mass is 323 g/mol. The average Bonchev–Trinajstić information content (AvgIpc) is 3.14. The van der Waals surface area contributed by atoms with Crippen molar-refractivity contribution in [1.29, 1.82) is 0 Å². The van der Waals surface area contributed by atoms with Crippen LogP contribution >= 0.6 is 0 Å². The van der Waals surface area contributed by atoms with Crippen LogP contribution in [0.25, 0.3) is 5.52 Å². The average molecular weight is 323 g/mol. The van der Waals surface area contributed by atoms with Gasteiger partial charge in [0.05, 0.1) is 11.2 Å². The van der Waals surface area contributed by atoms with Gasteiger partial charge in [0, 0.05) is 52.5 Å². The number of nitrogens with one attached hydrogen (secondary N) is 1. The molecule has 1 aliphatic heterocycles. The first-order valence-corrected chi connectivity index (χ1v) is 8.66. The number of anilines is 1. The van der Waals surface area contributed by atoms with Crippen molar-refractivity contribution in [2.75, 3.05) is 39.5 Å². The molecule has 120 valence electrons. The van der Waals surface area contributed by atoms with Crippen molar-refractivity contribution in [2.24, 2.45) is 0 Å². The molecule has 3 heterocycles. The molecule has 1 N–H and O–H groups in total. The van der Waals surface area contributed by atoms with Gasteiger partial charge in [-0.1, -0.05) is 0 Å². The largest absolute Gasteiger partial charge is 0.371 e. The normalized spacial score (nSPS) is 20.1. The van der Waals surface area contributed by atoms with Gasteiger partial charge in [0.1, 0.15) is 5.82 Å². The van der Waals surface area contributed by atoms with E-state index >= 15 is 0 Å². The highest BCUT2D eigenvalue weighted by Gasteiger charge is 2.34. The number of nitrogens with zero attached hydrogens (tertiary/aromatic N) is 4. The summed E-state index contributed by atoms with van der Waals surface area (Å²) in [6, 6.07) is 3.97. The number of rotatable bonds is 4. The van der Waals surface area contributed by atoms with Gasteiger partial charge in [-0.2, -0.15) is 17.0 Å². The summed E-state index contributed by atoms with van der Waals surface area (Å²) < 4.78 is 29.2. The summed E-state index contributed by atoms with van der Waals surface area (Å²) in [7, 11) is 1.62. The SMILES string of the molecule is CNc1nc(C2CCN(S(=O)(=O)N(C)C)C2)cn2cccc12. The molecule has 1 unspecified atom stereocenters. The number of aromatic nitrogens is 2. The van der Waals surface area contributed by atoms with Gasteiger partial charge >= 0.3 is 0 Å². The van der Waals surface area contributed by atoms with E-state index in [0.717, 1.165) is 23.4 Å². The van der Waals surface area contributed by atoms with Crippen LogP contribution < -0.4 is 5.32 Å². The van der Waals surface area contributed by atoms with E-state index in [1.54, 1.807) is 14.1 Å². The van der Waals surface area contributed by atoms with Gasteiger partial charge in [0.15, 0.2) is 0 Å². The fourth-order valence-electron chi connectivity index (χ4n) is 2.86. The molecule has 0 amide bonds. The zero-order chi connectivity index (χ0) is 15.9. The third-order valence-electron chi connectivity index (χ3n) is 4.13. The fourth-order valence-corrected chi connectivity index (χ4v) is 4.02. The number of hydrogen-bond donors (Lipinski definition) is 1. The predicted molar refractivity (Wildman–Crippen MR) is 86.3 cm³/mol. The quantitative estimate of drug-likeness (QED) is 0.910. The summed E-state index contributed by atoms with van der Waals surface area (Å²) in [5, 5.41) is 3.11. The van der Waals surface area contributed by atoms with Crippen molar-refractivity contribution in [3.05, 3.63) is 30.2 Å². The van der Waals surface area contributed by atoms with E-state index < -0.39 is 10.2 Å². The van der Waals surface area contributed by atoms with Gasteiger partial charge in [0.25, 0.3) is 10.2 Å². The molecule has 7 nitrogen and oxygen atoms in total. The van der Waals surface area contributed by atoms with Gasteiger partial charge in [-0.05, 0) is 18.6 Å². The molecular weight excluding hydrogens is 302 g/mol. The maximum absolute atomic E-state index is 12.2. The minimum absolute atomic E-state index is 0.119. The van der Waals surface area contributed by atoms with Gasteiger partial charge in [0.2, 0.25) is 0 Å². The molecule has 0 spiro atoms. The van der Waals surface area contributed by atoms with Crippen molar-refractivity contribution >= 4 is 21.5 Å². The standard InChI is InChI=1S/C14H21N5O2S/c1-15-14-13-5-4-7-18(13)10-12(16-14)11-6-8-19(9-11)22(20,21)17(2)3/h4-5,7,10-11H,6,8-9H2,1-3H3,(H,15,16). The Morgan fingerprint density at radius 2 is 2.18 bits per heavy atom. The van der Waals surface area contributed by atoms with Crippen LogP contribution in [0.3, 0.4) is 0 Å². The van der Waals surface area contributed by atoms with E-state index in [0.29, 0.717) is 13.1 Å². The molecule has 3 rings (SSSR count). The second-order valence-corrected chi connectivity index (χ2v) is 7.84. The van der Waals surface area contributed by atoms with Crippen LogP contribution in [0.4, 0.5) is 5.82 Å². The van der Waals surface area contributed by atoms with Crippen LogP contribution in [0, 0.1) is 0 Å². The maximum Gasteiger partial charge on any atom is 0.281 e. The molecule has 0 aromatic carbocycles.